The summed E-state index contributed by atoms with van der Waals surface area (Å²) >= 11 is 0. The third kappa shape index (κ3) is 4.82. The number of benzene rings is 1. The third-order valence-electron chi connectivity index (χ3n) is 2.30. The second kappa shape index (κ2) is 6.20. The zero-order valence-corrected chi connectivity index (χ0v) is 9.78. The fourth-order valence-electron chi connectivity index (χ4n) is 1.33. The van der Waals surface area contributed by atoms with Crippen LogP contribution in [0.1, 0.15) is 18.4 Å². The van der Waals surface area contributed by atoms with Crippen molar-refractivity contribution in [3.8, 4) is 5.75 Å². The highest BCUT2D eigenvalue weighted by atomic mass is 19.1. The van der Waals surface area contributed by atoms with Crippen LogP contribution in [0.25, 0.3) is 0 Å². The molecule has 4 nitrogen and oxygen atoms in total. The Bertz CT molecular complexity index is 396. The second-order valence-electron chi connectivity index (χ2n) is 4.01. The Morgan fingerprint density at radius 3 is 2.88 bits per heavy atom. The van der Waals surface area contributed by atoms with E-state index in [9.17, 15) is 9.18 Å². The molecule has 1 aromatic rings. The molecule has 0 aliphatic heterocycles. The zero-order chi connectivity index (χ0) is 12.8. The van der Waals surface area contributed by atoms with E-state index >= 15 is 0 Å². The molecule has 1 atom stereocenters. The smallest absolute Gasteiger partial charge is 0.217 e. The summed E-state index contributed by atoms with van der Waals surface area (Å²) in [6, 6.07) is 4.28. The van der Waals surface area contributed by atoms with Crippen molar-refractivity contribution in [2.24, 2.45) is 11.5 Å². The second-order valence-corrected chi connectivity index (χ2v) is 4.01. The molecule has 0 aliphatic rings. The van der Waals surface area contributed by atoms with E-state index in [1.165, 1.54) is 6.07 Å². The number of rotatable bonds is 6. The van der Waals surface area contributed by atoms with Crippen molar-refractivity contribution in [3.63, 3.8) is 0 Å². The minimum absolute atomic E-state index is 0.160. The maximum Gasteiger partial charge on any atom is 0.217 e. The number of hydrogen-bond donors (Lipinski definition) is 2. The molecule has 0 aromatic heterocycles. The van der Waals surface area contributed by atoms with E-state index in [0.29, 0.717) is 6.42 Å². The number of nitrogens with two attached hydrogens (primary N) is 2. The van der Waals surface area contributed by atoms with E-state index in [4.69, 9.17) is 16.2 Å². The summed E-state index contributed by atoms with van der Waals surface area (Å²) in [4.78, 5) is 10.5. The first-order valence-corrected chi connectivity index (χ1v) is 5.42. The number of amides is 1. The minimum Gasteiger partial charge on any atom is -0.489 e. The number of ether oxygens (including phenoxy) is 1. The van der Waals surface area contributed by atoms with Crippen LogP contribution in [0.5, 0.6) is 5.75 Å². The summed E-state index contributed by atoms with van der Waals surface area (Å²) in [7, 11) is 0. The number of aryl methyl sites for hydroxylation is 1. The number of carbonyl (C=O) groups excluding carboxylic acids is 1. The van der Waals surface area contributed by atoms with Gasteiger partial charge in [0.05, 0.1) is 0 Å². The van der Waals surface area contributed by atoms with Crippen LogP contribution in [0.15, 0.2) is 18.2 Å². The normalized spacial score (nSPS) is 12.2. The Morgan fingerprint density at radius 2 is 2.24 bits per heavy atom. The van der Waals surface area contributed by atoms with Gasteiger partial charge in [-0.2, -0.15) is 0 Å². The molecule has 0 fully saturated rings. The molecule has 5 heteroatoms. The van der Waals surface area contributed by atoms with E-state index in [0.717, 1.165) is 5.56 Å². The van der Waals surface area contributed by atoms with E-state index in [1.54, 1.807) is 12.1 Å². The maximum absolute atomic E-state index is 13.3. The van der Waals surface area contributed by atoms with Crippen LogP contribution in [-0.2, 0) is 4.79 Å². The van der Waals surface area contributed by atoms with Crippen molar-refractivity contribution < 1.29 is 13.9 Å². The molecular formula is C12H17FN2O2. The third-order valence-corrected chi connectivity index (χ3v) is 2.30. The molecule has 94 valence electrons. The van der Waals surface area contributed by atoms with Gasteiger partial charge >= 0.3 is 0 Å². The predicted octanol–water partition coefficient (Wildman–Crippen LogP) is 1.11. The zero-order valence-electron chi connectivity index (χ0n) is 9.78. The van der Waals surface area contributed by atoms with Crippen molar-refractivity contribution in [2.45, 2.75) is 25.8 Å². The Kier molecular flexibility index (Phi) is 4.90. The summed E-state index contributed by atoms with van der Waals surface area (Å²) < 4.78 is 18.6. The molecule has 0 aliphatic carbocycles. The highest BCUT2D eigenvalue weighted by Crippen LogP contribution is 2.18. The van der Waals surface area contributed by atoms with Gasteiger partial charge in [-0.3, -0.25) is 4.79 Å². The van der Waals surface area contributed by atoms with Crippen molar-refractivity contribution in [1.29, 1.82) is 0 Å². The molecule has 0 heterocycles. The summed E-state index contributed by atoms with van der Waals surface area (Å²) in [5, 5.41) is 0. The first-order valence-electron chi connectivity index (χ1n) is 5.42. The molecule has 0 saturated carbocycles. The van der Waals surface area contributed by atoms with Gasteiger partial charge in [-0.1, -0.05) is 6.07 Å². The molecule has 0 radical (unpaired) electrons. The SMILES string of the molecule is Cc1ccc(F)c(OC[C@@H](N)CCC(N)=O)c1. The number of primary amides is 1. The molecule has 1 aromatic carbocycles. The number of halogens is 1. The van der Waals surface area contributed by atoms with Crippen LogP contribution in [0.4, 0.5) is 4.39 Å². The minimum atomic E-state index is -0.419. The topological polar surface area (TPSA) is 78.3 Å². The first kappa shape index (κ1) is 13.4. The van der Waals surface area contributed by atoms with Crippen LogP contribution in [0.3, 0.4) is 0 Å². The van der Waals surface area contributed by atoms with Crippen molar-refractivity contribution in [1.82, 2.24) is 0 Å². The maximum atomic E-state index is 13.3. The summed E-state index contributed by atoms with van der Waals surface area (Å²) in [6.45, 7) is 2.01. The fourth-order valence-corrected chi connectivity index (χ4v) is 1.33. The van der Waals surface area contributed by atoms with Gasteiger partial charge in [-0.05, 0) is 31.0 Å². The van der Waals surface area contributed by atoms with Gasteiger partial charge in [0.25, 0.3) is 0 Å². The summed E-state index contributed by atoms with van der Waals surface area (Å²) in [5.41, 5.74) is 11.6. The van der Waals surface area contributed by atoms with Crippen molar-refractivity contribution in [3.05, 3.63) is 29.6 Å². The van der Waals surface area contributed by atoms with Crippen molar-refractivity contribution in [2.75, 3.05) is 6.61 Å². The van der Waals surface area contributed by atoms with Crippen LogP contribution >= 0.6 is 0 Å². The average molecular weight is 240 g/mol. The fraction of sp³-hybridized carbons (Fsp3) is 0.417. The Labute approximate surface area is 99.7 Å². The van der Waals surface area contributed by atoms with Crippen LogP contribution < -0.4 is 16.2 Å². The standard InChI is InChI=1S/C12H17FN2O2/c1-8-2-4-10(13)11(6-8)17-7-9(14)3-5-12(15)16/h2,4,6,9H,3,5,7,14H2,1H3,(H2,15,16)/t9-/m0/s1. The van der Waals surface area contributed by atoms with Crippen LogP contribution in [0.2, 0.25) is 0 Å². The average Bonchev–Trinajstić information content (AvgIpc) is 2.27. The summed E-state index contributed by atoms with van der Waals surface area (Å²) in [5.74, 6) is -0.639. The number of hydrogen-bond acceptors (Lipinski definition) is 3. The van der Waals surface area contributed by atoms with Gasteiger partial charge in [0.1, 0.15) is 6.61 Å². The highest BCUT2D eigenvalue weighted by molar-refractivity contribution is 5.73. The van der Waals surface area contributed by atoms with Gasteiger partial charge in [0.15, 0.2) is 11.6 Å². The van der Waals surface area contributed by atoms with E-state index in [-0.39, 0.29) is 24.8 Å². The van der Waals surface area contributed by atoms with Gasteiger partial charge in [-0.15, -0.1) is 0 Å². The lowest BCUT2D eigenvalue weighted by Gasteiger charge is -2.13. The molecular weight excluding hydrogens is 223 g/mol. The predicted molar refractivity (Wildman–Crippen MR) is 63.0 cm³/mol. The number of carbonyl (C=O) groups is 1. The lowest BCUT2D eigenvalue weighted by Crippen LogP contribution is -2.29. The van der Waals surface area contributed by atoms with Gasteiger partial charge in [-0.25, -0.2) is 4.39 Å². The molecule has 0 bridgehead atoms. The Hall–Kier alpha value is -1.62. The first-order chi connectivity index (χ1) is 7.99. The molecule has 1 rings (SSSR count). The van der Waals surface area contributed by atoms with E-state index in [1.807, 2.05) is 6.92 Å². The lowest BCUT2D eigenvalue weighted by atomic mass is 10.2. The van der Waals surface area contributed by atoms with Gasteiger partial charge in [0, 0.05) is 12.5 Å². The van der Waals surface area contributed by atoms with Gasteiger partial charge < -0.3 is 16.2 Å². The van der Waals surface area contributed by atoms with Gasteiger partial charge in [0.2, 0.25) is 5.91 Å². The molecule has 1 amide bonds. The molecule has 4 N–H and O–H groups in total. The Morgan fingerprint density at radius 1 is 1.53 bits per heavy atom. The molecule has 0 saturated heterocycles. The molecule has 0 spiro atoms. The quantitative estimate of drug-likeness (QED) is 0.781. The largest absolute Gasteiger partial charge is 0.489 e. The van der Waals surface area contributed by atoms with E-state index < -0.39 is 11.7 Å². The molecule has 0 unspecified atom stereocenters. The highest BCUT2D eigenvalue weighted by Gasteiger charge is 2.08. The van der Waals surface area contributed by atoms with Crippen LogP contribution in [0, 0.1) is 12.7 Å². The van der Waals surface area contributed by atoms with Crippen LogP contribution in [-0.4, -0.2) is 18.6 Å². The molecule has 17 heavy (non-hydrogen) atoms. The van der Waals surface area contributed by atoms with Crippen molar-refractivity contribution >= 4 is 5.91 Å². The lowest BCUT2D eigenvalue weighted by molar-refractivity contribution is -0.118. The van der Waals surface area contributed by atoms with E-state index in [2.05, 4.69) is 0 Å². The summed E-state index contributed by atoms with van der Waals surface area (Å²) in [6.07, 6.45) is 0.642. The monoisotopic (exact) mass is 240 g/mol. The Balaban J connectivity index is 2.44.